The summed E-state index contributed by atoms with van der Waals surface area (Å²) in [6.07, 6.45) is 3.49. The lowest BCUT2D eigenvalue weighted by molar-refractivity contribution is -0.148. The zero-order valence-corrected chi connectivity index (χ0v) is 14.2. The third-order valence-corrected chi connectivity index (χ3v) is 3.70. The molecule has 1 amide bonds. The monoisotopic (exact) mass is 329 g/mol. The van der Waals surface area contributed by atoms with Gasteiger partial charge in [0.25, 0.3) is 0 Å². The zero-order valence-electron chi connectivity index (χ0n) is 14.2. The smallest absolute Gasteiger partial charge is 0.325 e. The number of ether oxygens (including phenoxy) is 1. The topological polar surface area (TPSA) is 72.4 Å². The molecule has 0 aliphatic heterocycles. The van der Waals surface area contributed by atoms with Crippen molar-refractivity contribution >= 4 is 22.9 Å². The Morgan fingerprint density at radius 3 is 2.79 bits per heavy atom. The first-order valence-corrected chi connectivity index (χ1v) is 8.28. The van der Waals surface area contributed by atoms with Crippen LogP contribution >= 0.6 is 0 Å². The van der Waals surface area contributed by atoms with Gasteiger partial charge in [-0.05, 0) is 51.0 Å². The first-order chi connectivity index (χ1) is 11.6. The molecular weight excluding hydrogens is 306 g/mol. The number of amides is 1. The summed E-state index contributed by atoms with van der Waals surface area (Å²) in [5, 5.41) is 1.00. The second-order valence-corrected chi connectivity index (χ2v) is 5.42. The minimum atomic E-state index is -0.366. The fourth-order valence-corrected chi connectivity index (χ4v) is 2.45. The van der Waals surface area contributed by atoms with E-state index in [0.717, 1.165) is 16.7 Å². The van der Waals surface area contributed by atoms with E-state index in [1.807, 2.05) is 31.2 Å². The summed E-state index contributed by atoms with van der Waals surface area (Å²) in [6.45, 7) is 4.44. The lowest BCUT2D eigenvalue weighted by Gasteiger charge is -2.19. The van der Waals surface area contributed by atoms with E-state index in [1.54, 1.807) is 13.1 Å². The van der Waals surface area contributed by atoms with Crippen LogP contribution in [0.4, 0.5) is 0 Å². The van der Waals surface area contributed by atoms with Gasteiger partial charge < -0.3 is 9.64 Å². The van der Waals surface area contributed by atoms with Crippen molar-refractivity contribution in [3.63, 3.8) is 0 Å². The summed E-state index contributed by atoms with van der Waals surface area (Å²) in [6, 6.07) is 7.80. The molecular formula is C18H23N3O3. The predicted octanol–water partition coefficient (Wildman–Crippen LogP) is 2.36. The van der Waals surface area contributed by atoms with Crippen LogP contribution in [-0.2, 0) is 20.7 Å². The summed E-state index contributed by atoms with van der Waals surface area (Å²) >= 11 is 0. The second kappa shape index (κ2) is 8.96. The van der Waals surface area contributed by atoms with Crippen LogP contribution in [0.25, 0.3) is 11.0 Å². The zero-order chi connectivity index (χ0) is 17.4. The molecule has 0 atom stereocenters. The van der Waals surface area contributed by atoms with Crippen LogP contribution in [0, 0.1) is 0 Å². The summed E-state index contributed by atoms with van der Waals surface area (Å²) in [5.41, 5.74) is 1.64. The van der Waals surface area contributed by atoms with Gasteiger partial charge in [-0.1, -0.05) is 0 Å². The van der Waals surface area contributed by atoms with E-state index in [1.165, 1.54) is 4.90 Å². The number of aryl methyl sites for hydroxylation is 1. The van der Waals surface area contributed by atoms with Gasteiger partial charge in [0.15, 0.2) is 5.65 Å². The van der Waals surface area contributed by atoms with Crippen molar-refractivity contribution in [3.05, 3.63) is 36.2 Å². The van der Waals surface area contributed by atoms with Gasteiger partial charge in [-0.2, -0.15) is 0 Å². The first kappa shape index (κ1) is 17.8. The summed E-state index contributed by atoms with van der Waals surface area (Å²) < 4.78 is 4.89. The quantitative estimate of drug-likeness (QED) is 0.695. The number of carbonyl (C=O) groups excluding carboxylic acids is 2. The first-order valence-electron chi connectivity index (χ1n) is 8.28. The minimum Gasteiger partial charge on any atom is -0.465 e. The summed E-state index contributed by atoms with van der Waals surface area (Å²) in [7, 11) is 0. The molecule has 0 N–H and O–H groups in total. The summed E-state index contributed by atoms with van der Waals surface area (Å²) in [4.78, 5) is 34.0. The SMILES string of the molecule is CCOC(=O)CN(CC)C(=O)CCCc1ccc2cccnc2n1. The van der Waals surface area contributed by atoms with Crippen molar-refractivity contribution in [3.8, 4) is 0 Å². The Hall–Kier alpha value is -2.50. The number of pyridine rings is 2. The number of nitrogens with zero attached hydrogens (tertiary/aromatic N) is 3. The average molecular weight is 329 g/mol. The van der Waals surface area contributed by atoms with Crippen molar-refractivity contribution in [1.29, 1.82) is 0 Å². The number of likely N-dealkylation sites (N-methyl/N-ethyl adjacent to an activating group) is 1. The third-order valence-electron chi connectivity index (χ3n) is 3.70. The van der Waals surface area contributed by atoms with Gasteiger partial charge in [0.05, 0.1) is 6.61 Å². The van der Waals surface area contributed by atoms with Crippen molar-refractivity contribution < 1.29 is 14.3 Å². The molecule has 0 radical (unpaired) electrons. The average Bonchev–Trinajstić information content (AvgIpc) is 2.59. The van der Waals surface area contributed by atoms with E-state index in [0.29, 0.717) is 32.4 Å². The number of carbonyl (C=O) groups is 2. The number of esters is 1. The van der Waals surface area contributed by atoms with Crippen LogP contribution < -0.4 is 0 Å². The van der Waals surface area contributed by atoms with Crippen LogP contribution in [-0.4, -0.2) is 46.4 Å². The highest BCUT2D eigenvalue weighted by molar-refractivity contribution is 5.82. The van der Waals surface area contributed by atoms with Crippen LogP contribution in [0.15, 0.2) is 30.5 Å². The van der Waals surface area contributed by atoms with Gasteiger partial charge in [-0.3, -0.25) is 9.59 Å². The molecule has 2 aromatic heterocycles. The maximum absolute atomic E-state index is 12.2. The molecule has 0 bridgehead atoms. The molecule has 0 aliphatic carbocycles. The summed E-state index contributed by atoms with van der Waals surface area (Å²) in [5.74, 6) is -0.403. The molecule has 2 rings (SSSR count). The molecule has 0 spiro atoms. The normalized spacial score (nSPS) is 10.6. The fourth-order valence-electron chi connectivity index (χ4n) is 2.45. The lowest BCUT2D eigenvalue weighted by atomic mass is 10.1. The largest absolute Gasteiger partial charge is 0.465 e. The minimum absolute atomic E-state index is 0.0152. The van der Waals surface area contributed by atoms with E-state index < -0.39 is 0 Å². The molecule has 6 heteroatoms. The molecule has 6 nitrogen and oxygen atoms in total. The van der Waals surface area contributed by atoms with Gasteiger partial charge >= 0.3 is 5.97 Å². The molecule has 0 fully saturated rings. The van der Waals surface area contributed by atoms with Crippen molar-refractivity contribution in [1.82, 2.24) is 14.9 Å². The molecule has 0 aliphatic rings. The van der Waals surface area contributed by atoms with Gasteiger partial charge in [0.2, 0.25) is 5.91 Å². The number of hydrogen-bond donors (Lipinski definition) is 0. The molecule has 128 valence electrons. The number of aromatic nitrogens is 2. The maximum Gasteiger partial charge on any atom is 0.325 e. The standard InChI is InChI=1S/C18H23N3O3/c1-3-21(13-17(23)24-4-2)16(22)9-5-8-15-11-10-14-7-6-12-19-18(14)20-15/h6-7,10-12H,3-5,8-9,13H2,1-2H3. The Morgan fingerprint density at radius 2 is 2.04 bits per heavy atom. The second-order valence-electron chi connectivity index (χ2n) is 5.42. The molecule has 0 aromatic carbocycles. The Bertz CT molecular complexity index is 703. The highest BCUT2D eigenvalue weighted by atomic mass is 16.5. The van der Waals surface area contributed by atoms with E-state index in [-0.39, 0.29) is 18.4 Å². The van der Waals surface area contributed by atoms with E-state index in [9.17, 15) is 9.59 Å². The Morgan fingerprint density at radius 1 is 1.21 bits per heavy atom. The molecule has 2 aromatic rings. The molecule has 0 saturated carbocycles. The van der Waals surface area contributed by atoms with Gasteiger partial charge in [-0.25, -0.2) is 9.97 Å². The molecule has 2 heterocycles. The number of fused-ring (bicyclic) bond motifs is 1. The molecule has 0 saturated heterocycles. The lowest BCUT2D eigenvalue weighted by Crippen LogP contribution is -2.36. The van der Waals surface area contributed by atoms with E-state index >= 15 is 0 Å². The van der Waals surface area contributed by atoms with Gasteiger partial charge in [-0.15, -0.1) is 0 Å². The van der Waals surface area contributed by atoms with Gasteiger partial charge in [0, 0.05) is 30.2 Å². The van der Waals surface area contributed by atoms with Crippen molar-refractivity contribution in [2.24, 2.45) is 0 Å². The Labute approximate surface area is 141 Å². The van der Waals surface area contributed by atoms with Crippen molar-refractivity contribution in [2.75, 3.05) is 19.7 Å². The van der Waals surface area contributed by atoms with Crippen LogP contribution in [0.3, 0.4) is 0 Å². The third kappa shape index (κ3) is 5.01. The van der Waals surface area contributed by atoms with Crippen LogP contribution in [0.5, 0.6) is 0 Å². The number of rotatable bonds is 8. The number of hydrogen-bond acceptors (Lipinski definition) is 5. The van der Waals surface area contributed by atoms with Crippen LogP contribution in [0.1, 0.15) is 32.4 Å². The van der Waals surface area contributed by atoms with E-state index in [2.05, 4.69) is 9.97 Å². The fraction of sp³-hybridized carbons (Fsp3) is 0.444. The molecule has 24 heavy (non-hydrogen) atoms. The maximum atomic E-state index is 12.2. The molecule has 0 unspecified atom stereocenters. The van der Waals surface area contributed by atoms with Gasteiger partial charge in [0.1, 0.15) is 6.54 Å². The van der Waals surface area contributed by atoms with Crippen molar-refractivity contribution in [2.45, 2.75) is 33.1 Å². The Kier molecular flexibility index (Phi) is 6.66. The van der Waals surface area contributed by atoms with E-state index in [4.69, 9.17) is 4.74 Å². The Balaban J connectivity index is 1.84. The highest BCUT2D eigenvalue weighted by Crippen LogP contribution is 2.11. The van der Waals surface area contributed by atoms with Crippen LogP contribution in [0.2, 0.25) is 0 Å². The highest BCUT2D eigenvalue weighted by Gasteiger charge is 2.15. The predicted molar refractivity (Wildman–Crippen MR) is 91.4 cm³/mol.